The molecule has 1 aliphatic heterocycles. The Morgan fingerprint density at radius 1 is 1.03 bits per heavy atom. The van der Waals surface area contributed by atoms with Gasteiger partial charge in [-0.25, -0.2) is 8.42 Å². The Bertz CT molecular complexity index is 1260. The molecule has 1 fully saturated rings. The Kier molecular flexibility index (Phi) is 5.50. The topological polar surface area (TPSA) is 110 Å². The number of aromatic nitrogens is 2. The van der Waals surface area contributed by atoms with Crippen molar-refractivity contribution in [3.63, 3.8) is 0 Å². The van der Waals surface area contributed by atoms with Crippen LogP contribution >= 0.6 is 0 Å². The molecule has 0 radical (unpaired) electrons. The van der Waals surface area contributed by atoms with Gasteiger partial charge in [-0.15, -0.1) is 0 Å². The Hall–Kier alpha value is -3.07. The van der Waals surface area contributed by atoms with Gasteiger partial charge >= 0.3 is 0 Å². The van der Waals surface area contributed by atoms with Crippen LogP contribution in [0.15, 0.2) is 41.3 Å². The highest BCUT2D eigenvalue weighted by molar-refractivity contribution is 7.92. The fourth-order valence-electron chi connectivity index (χ4n) is 4.34. The van der Waals surface area contributed by atoms with E-state index >= 15 is 0 Å². The quantitative estimate of drug-likeness (QED) is 0.608. The Morgan fingerprint density at radius 2 is 1.81 bits per heavy atom. The first-order valence-corrected chi connectivity index (χ1v) is 12.5. The van der Waals surface area contributed by atoms with Gasteiger partial charge in [0.1, 0.15) is 0 Å². The fraction of sp³-hybridized carbons (Fsp3) is 0.391. The molecule has 9 heteroatoms. The summed E-state index contributed by atoms with van der Waals surface area (Å²) < 4.78 is 37.0. The molecule has 0 unspecified atom stereocenters. The number of sulfone groups is 1. The van der Waals surface area contributed by atoms with E-state index in [0.717, 1.165) is 24.8 Å². The highest BCUT2D eigenvalue weighted by Gasteiger charge is 2.30. The standard InChI is InChI=1S/C23H25N3O5S/c27-22(13-15-6-9-20-21(12-15)31-11-3-10-30-20)24-23-18-8-7-17(14-19(18)25-26-23)32(28,29)16-4-1-2-5-16/h6-9,12,14,16H,1-5,10-11,13H2,(H2,24,25,26,27). The molecule has 1 amide bonds. The summed E-state index contributed by atoms with van der Waals surface area (Å²) in [6, 6.07) is 10.4. The summed E-state index contributed by atoms with van der Waals surface area (Å²) >= 11 is 0. The summed E-state index contributed by atoms with van der Waals surface area (Å²) in [5, 5.41) is 10.2. The van der Waals surface area contributed by atoms with Crippen molar-refractivity contribution >= 4 is 32.5 Å². The van der Waals surface area contributed by atoms with Gasteiger partial charge in [0.15, 0.2) is 27.2 Å². The van der Waals surface area contributed by atoms with Crippen LogP contribution in [0.4, 0.5) is 5.82 Å². The number of aromatic amines is 1. The minimum atomic E-state index is -3.35. The minimum Gasteiger partial charge on any atom is -0.490 e. The van der Waals surface area contributed by atoms with Crippen LogP contribution in [-0.2, 0) is 21.1 Å². The zero-order valence-electron chi connectivity index (χ0n) is 17.6. The van der Waals surface area contributed by atoms with Crippen LogP contribution in [0.1, 0.15) is 37.7 Å². The maximum absolute atomic E-state index is 12.9. The van der Waals surface area contributed by atoms with Gasteiger partial charge in [-0.05, 0) is 48.7 Å². The van der Waals surface area contributed by atoms with Crippen LogP contribution in [0.25, 0.3) is 10.9 Å². The van der Waals surface area contributed by atoms with Gasteiger partial charge < -0.3 is 14.8 Å². The third-order valence-corrected chi connectivity index (χ3v) is 8.30. The first kappa shape index (κ1) is 20.8. The molecule has 0 saturated heterocycles. The van der Waals surface area contributed by atoms with E-state index in [-0.39, 0.29) is 17.6 Å². The third-order valence-electron chi connectivity index (χ3n) is 6.04. The van der Waals surface area contributed by atoms with Gasteiger partial charge in [-0.2, -0.15) is 5.10 Å². The normalized spacial score (nSPS) is 16.8. The smallest absolute Gasteiger partial charge is 0.230 e. The molecule has 8 nitrogen and oxygen atoms in total. The molecule has 168 valence electrons. The molecule has 5 rings (SSSR count). The van der Waals surface area contributed by atoms with E-state index in [9.17, 15) is 13.2 Å². The molecule has 32 heavy (non-hydrogen) atoms. The Balaban J connectivity index is 1.31. The minimum absolute atomic E-state index is 0.152. The molecule has 3 aromatic rings. The van der Waals surface area contributed by atoms with E-state index in [4.69, 9.17) is 9.47 Å². The number of hydrogen-bond acceptors (Lipinski definition) is 6. The summed E-state index contributed by atoms with van der Waals surface area (Å²) in [6.07, 6.45) is 4.31. The third kappa shape index (κ3) is 4.04. The number of amides is 1. The first-order valence-electron chi connectivity index (χ1n) is 10.9. The summed E-state index contributed by atoms with van der Waals surface area (Å²) in [5.41, 5.74) is 1.38. The molecule has 0 bridgehead atoms. The van der Waals surface area contributed by atoms with Crippen LogP contribution in [0.5, 0.6) is 11.5 Å². The lowest BCUT2D eigenvalue weighted by Gasteiger charge is -2.11. The van der Waals surface area contributed by atoms with Gasteiger partial charge in [0, 0.05) is 11.8 Å². The van der Waals surface area contributed by atoms with Crippen molar-refractivity contribution in [3.05, 3.63) is 42.0 Å². The van der Waals surface area contributed by atoms with E-state index in [1.807, 2.05) is 18.2 Å². The number of fused-ring (bicyclic) bond motifs is 2. The number of carbonyl (C=O) groups excluding carboxylic acids is 1. The Labute approximate surface area is 186 Å². The average Bonchev–Trinajstić information content (AvgIpc) is 3.40. The summed E-state index contributed by atoms with van der Waals surface area (Å²) in [7, 11) is -3.35. The molecule has 2 N–H and O–H groups in total. The number of rotatable bonds is 5. The largest absolute Gasteiger partial charge is 0.490 e. The molecular weight excluding hydrogens is 430 g/mol. The molecule has 2 aromatic carbocycles. The molecule has 1 aromatic heterocycles. The van der Waals surface area contributed by atoms with Crippen LogP contribution in [0.3, 0.4) is 0 Å². The second kappa shape index (κ2) is 8.46. The van der Waals surface area contributed by atoms with E-state index in [0.29, 0.717) is 59.2 Å². The highest BCUT2D eigenvalue weighted by Crippen LogP contribution is 2.32. The lowest BCUT2D eigenvalue weighted by molar-refractivity contribution is -0.115. The van der Waals surface area contributed by atoms with Gasteiger partial charge in [0.25, 0.3) is 0 Å². The van der Waals surface area contributed by atoms with E-state index in [1.54, 1.807) is 18.2 Å². The lowest BCUT2D eigenvalue weighted by Crippen LogP contribution is -2.17. The van der Waals surface area contributed by atoms with E-state index in [2.05, 4.69) is 15.5 Å². The van der Waals surface area contributed by atoms with Gasteiger partial charge in [-0.1, -0.05) is 18.9 Å². The van der Waals surface area contributed by atoms with Crippen LogP contribution in [0.2, 0.25) is 0 Å². The molecule has 0 atom stereocenters. The number of ether oxygens (including phenoxy) is 2. The second-order valence-electron chi connectivity index (χ2n) is 8.29. The average molecular weight is 456 g/mol. The zero-order chi connectivity index (χ0) is 22.1. The van der Waals surface area contributed by atoms with Crippen molar-refractivity contribution in [2.75, 3.05) is 18.5 Å². The molecule has 2 heterocycles. The van der Waals surface area contributed by atoms with E-state index in [1.165, 1.54) is 0 Å². The number of nitrogens with one attached hydrogen (secondary N) is 2. The molecule has 1 saturated carbocycles. The van der Waals surface area contributed by atoms with Crippen molar-refractivity contribution < 1.29 is 22.7 Å². The van der Waals surface area contributed by atoms with Crippen molar-refractivity contribution in [3.8, 4) is 11.5 Å². The van der Waals surface area contributed by atoms with Crippen molar-refractivity contribution in [1.82, 2.24) is 10.2 Å². The number of carbonyl (C=O) groups is 1. The molecule has 0 spiro atoms. The predicted octanol–water partition coefficient (Wildman–Crippen LogP) is 3.62. The molecule has 2 aliphatic rings. The van der Waals surface area contributed by atoms with Crippen molar-refractivity contribution in [2.24, 2.45) is 0 Å². The fourth-order valence-corrected chi connectivity index (χ4v) is 6.22. The van der Waals surface area contributed by atoms with Gasteiger partial charge in [0.05, 0.1) is 35.3 Å². The van der Waals surface area contributed by atoms with E-state index < -0.39 is 9.84 Å². The van der Waals surface area contributed by atoms with Crippen molar-refractivity contribution in [2.45, 2.75) is 48.7 Å². The monoisotopic (exact) mass is 455 g/mol. The number of nitrogens with zero attached hydrogens (tertiary/aromatic N) is 1. The number of hydrogen-bond donors (Lipinski definition) is 2. The number of anilines is 1. The highest BCUT2D eigenvalue weighted by atomic mass is 32.2. The second-order valence-corrected chi connectivity index (χ2v) is 10.5. The first-order chi connectivity index (χ1) is 15.5. The SMILES string of the molecule is O=C(Cc1ccc2c(c1)OCCCO2)Nc1n[nH]c2cc(S(=O)(=O)C3CCCC3)ccc12. The van der Waals surface area contributed by atoms with Gasteiger partial charge in [-0.3, -0.25) is 9.89 Å². The molecule has 1 aliphatic carbocycles. The molecular formula is C23H25N3O5S. The summed E-state index contributed by atoms with van der Waals surface area (Å²) in [5.74, 6) is 1.49. The zero-order valence-corrected chi connectivity index (χ0v) is 18.4. The maximum Gasteiger partial charge on any atom is 0.230 e. The van der Waals surface area contributed by atoms with Crippen LogP contribution in [-0.4, -0.2) is 43.0 Å². The Morgan fingerprint density at radius 3 is 2.62 bits per heavy atom. The predicted molar refractivity (Wildman–Crippen MR) is 120 cm³/mol. The van der Waals surface area contributed by atoms with Crippen LogP contribution in [0, 0.1) is 0 Å². The van der Waals surface area contributed by atoms with Crippen molar-refractivity contribution in [1.29, 1.82) is 0 Å². The van der Waals surface area contributed by atoms with Crippen LogP contribution < -0.4 is 14.8 Å². The summed E-state index contributed by atoms with van der Waals surface area (Å²) in [4.78, 5) is 12.9. The maximum atomic E-state index is 12.9. The lowest BCUT2D eigenvalue weighted by atomic mass is 10.1. The van der Waals surface area contributed by atoms with Gasteiger partial charge in [0.2, 0.25) is 5.91 Å². The summed E-state index contributed by atoms with van der Waals surface area (Å²) in [6.45, 7) is 1.20. The number of benzene rings is 2. The number of H-pyrrole nitrogens is 1.